The Balaban J connectivity index is 2.28. The van der Waals surface area contributed by atoms with Gasteiger partial charge in [-0.1, -0.05) is 11.6 Å². The number of aromatic nitrogens is 2. The second kappa shape index (κ2) is 3.59. The van der Waals surface area contributed by atoms with Crippen molar-refractivity contribution in [3.8, 4) is 0 Å². The van der Waals surface area contributed by atoms with Gasteiger partial charge in [0.1, 0.15) is 12.0 Å². The van der Waals surface area contributed by atoms with Gasteiger partial charge in [0.2, 0.25) is 0 Å². The third kappa shape index (κ3) is 1.60. The summed E-state index contributed by atoms with van der Waals surface area (Å²) in [4.78, 5) is 9.73. The molecule has 1 fully saturated rings. The lowest BCUT2D eigenvalue weighted by atomic mass is 10.3. The highest BCUT2D eigenvalue weighted by Gasteiger charge is 2.23. The molecule has 14 heavy (non-hydrogen) atoms. The molecule has 0 radical (unpaired) electrons. The van der Waals surface area contributed by atoms with Crippen molar-refractivity contribution in [1.82, 2.24) is 9.97 Å². The molecular formula is C8H11ClN4O. The van der Waals surface area contributed by atoms with Crippen LogP contribution in [0, 0.1) is 0 Å². The summed E-state index contributed by atoms with van der Waals surface area (Å²) < 4.78 is 0. The van der Waals surface area contributed by atoms with E-state index in [0.29, 0.717) is 18.1 Å². The van der Waals surface area contributed by atoms with E-state index < -0.39 is 0 Å². The predicted octanol–water partition coefficient (Wildman–Crippen LogP) is 0.283. The molecule has 1 atom stereocenters. The Hall–Kier alpha value is -1.07. The summed E-state index contributed by atoms with van der Waals surface area (Å²) in [6, 6.07) is 0. The van der Waals surface area contributed by atoms with Crippen molar-refractivity contribution in [1.29, 1.82) is 0 Å². The van der Waals surface area contributed by atoms with Crippen molar-refractivity contribution >= 4 is 23.1 Å². The number of halogens is 1. The van der Waals surface area contributed by atoms with Crippen LogP contribution in [0.1, 0.15) is 6.42 Å². The molecule has 2 rings (SSSR count). The first kappa shape index (κ1) is 9.48. The zero-order valence-electron chi connectivity index (χ0n) is 7.52. The highest BCUT2D eigenvalue weighted by atomic mass is 35.5. The third-order valence-corrected chi connectivity index (χ3v) is 2.58. The molecule has 1 aliphatic heterocycles. The van der Waals surface area contributed by atoms with Crippen molar-refractivity contribution in [2.45, 2.75) is 12.5 Å². The number of nitrogens with zero attached hydrogens (tertiary/aromatic N) is 3. The first-order chi connectivity index (χ1) is 6.68. The molecule has 0 bridgehead atoms. The van der Waals surface area contributed by atoms with Crippen molar-refractivity contribution in [3.05, 3.63) is 11.5 Å². The van der Waals surface area contributed by atoms with E-state index in [9.17, 15) is 5.11 Å². The van der Waals surface area contributed by atoms with E-state index in [1.807, 2.05) is 4.90 Å². The van der Waals surface area contributed by atoms with Crippen LogP contribution in [0.15, 0.2) is 6.33 Å². The molecule has 5 nitrogen and oxygen atoms in total. The van der Waals surface area contributed by atoms with Crippen molar-refractivity contribution < 1.29 is 5.11 Å². The predicted molar refractivity (Wildman–Crippen MR) is 54.3 cm³/mol. The molecule has 1 saturated heterocycles. The van der Waals surface area contributed by atoms with E-state index in [0.717, 1.165) is 13.0 Å². The molecule has 1 aromatic heterocycles. The number of anilines is 2. The van der Waals surface area contributed by atoms with Gasteiger partial charge in [-0.2, -0.15) is 0 Å². The minimum atomic E-state index is -0.303. The summed E-state index contributed by atoms with van der Waals surface area (Å²) in [6.45, 7) is 1.30. The van der Waals surface area contributed by atoms with Crippen LogP contribution >= 0.6 is 11.6 Å². The van der Waals surface area contributed by atoms with Crippen LogP contribution in [-0.4, -0.2) is 34.3 Å². The summed E-state index contributed by atoms with van der Waals surface area (Å²) in [5.74, 6) is 0.613. The van der Waals surface area contributed by atoms with Crippen LogP contribution in [0.5, 0.6) is 0 Å². The quantitative estimate of drug-likeness (QED) is 0.657. The van der Waals surface area contributed by atoms with Gasteiger partial charge >= 0.3 is 0 Å². The van der Waals surface area contributed by atoms with Gasteiger partial charge in [-0.3, -0.25) is 0 Å². The molecule has 6 heteroatoms. The normalized spacial score (nSPS) is 21.6. The second-order valence-corrected chi connectivity index (χ2v) is 3.65. The Kier molecular flexibility index (Phi) is 2.43. The third-order valence-electron chi connectivity index (χ3n) is 2.28. The molecule has 2 heterocycles. The first-order valence-electron chi connectivity index (χ1n) is 4.37. The molecule has 76 valence electrons. The molecule has 0 amide bonds. The molecule has 0 aromatic carbocycles. The average molecular weight is 215 g/mol. The zero-order chi connectivity index (χ0) is 10.1. The van der Waals surface area contributed by atoms with Crippen LogP contribution in [0.25, 0.3) is 0 Å². The summed E-state index contributed by atoms with van der Waals surface area (Å²) >= 11 is 5.76. The summed E-state index contributed by atoms with van der Waals surface area (Å²) in [5.41, 5.74) is 6.11. The maximum atomic E-state index is 9.36. The van der Waals surface area contributed by atoms with Crippen LogP contribution in [0.2, 0.25) is 5.15 Å². The van der Waals surface area contributed by atoms with E-state index in [1.54, 1.807) is 0 Å². The van der Waals surface area contributed by atoms with Crippen LogP contribution in [0.3, 0.4) is 0 Å². The van der Waals surface area contributed by atoms with E-state index in [2.05, 4.69) is 9.97 Å². The topological polar surface area (TPSA) is 75.3 Å². The Bertz CT molecular complexity index is 346. The first-order valence-corrected chi connectivity index (χ1v) is 4.75. The minimum absolute atomic E-state index is 0.261. The number of nitrogens with two attached hydrogens (primary N) is 1. The van der Waals surface area contributed by atoms with Crippen LogP contribution < -0.4 is 10.6 Å². The van der Waals surface area contributed by atoms with Gasteiger partial charge in [0.25, 0.3) is 0 Å². The number of hydrogen-bond donors (Lipinski definition) is 2. The number of aliphatic hydroxyl groups is 1. The number of β-amino-alcohol motifs (C(OH)–C–C–N with tert-alkyl or cyclic N) is 1. The molecule has 0 spiro atoms. The lowest BCUT2D eigenvalue weighted by molar-refractivity contribution is 0.198. The Morgan fingerprint density at radius 2 is 2.36 bits per heavy atom. The monoisotopic (exact) mass is 214 g/mol. The van der Waals surface area contributed by atoms with Gasteiger partial charge in [0.05, 0.1) is 6.10 Å². The van der Waals surface area contributed by atoms with E-state index in [4.69, 9.17) is 17.3 Å². The lowest BCUT2D eigenvalue weighted by Crippen LogP contribution is -2.23. The van der Waals surface area contributed by atoms with E-state index in [1.165, 1.54) is 6.33 Å². The van der Waals surface area contributed by atoms with E-state index in [-0.39, 0.29) is 11.3 Å². The van der Waals surface area contributed by atoms with Gasteiger partial charge in [-0.05, 0) is 6.42 Å². The molecular weight excluding hydrogens is 204 g/mol. The average Bonchev–Trinajstić information content (AvgIpc) is 2.57. The van der Waals surface area contributed by atoms with Crippen molar-refractivity contribution in [3.63, 3.8) is 0 Å². The van der Waals surface area contributed by atoms with Gasteiger partial charge in [0, 0.05) is 13.1 Å². The minimum Gasteiger partial charge on any atom is -0.393 e. The molecule has 0 aliphatic carbocycles. The highest BCUT2D eigenvalue weighted by Crippen LogP contribution is 2.28. The Morgan fingerprint density at radius 1 is 1.57 bits per heavy atom. The fourth-order valence-electron chi connectivity index (χ4n) is 1.55. The van der Waals surface area contributed by atoms with Gasteiger partial charge in [-0.15, -0.1) is 0 Å². The number of aliphatic hydroxyl groups excluding tert-OH is 1. The van der Waals surface area contributed by atoms with Crippen LogP contribution in [-0.2, 0) is 0 Å². The molecule has 1 aliphatic rings. The van der Waals surface area contributed by atoms with E-state index >= 15 is 0 Å². The Morgan fingerprint density at radius 3 is 3.00 bits per heavy atom. The van der Waals surface area contributed by atoms with Crippen molar-refractivity contribution in [2.75, 3.05) is 23.7 Å². The standard InChI is InChI=1S/C8H11ClN4O/c9-7-6(10)8(12-4-11-7)13-2-1-5(14)3-13/h4-5,14H,1-3,10H2. The number of hydrogen-bond acceptors (Lipinski definition) is 5. The van der Waals surface area contributed by atoms with Gasteiger partial charge in [-0.25, -0.2) is 9.97 Å². The molecule has 0 saturated carbocycles. The largest absolute Gasteiger partial charge is 0.393 e. The van der Waals surface area contributed by atoms with Crippen molar-refractivity contribution in [2.24, 2.45) is 0 Å². The molecule has 1 aromatic rings. The van der Waals surface area contributed by atoms with Gasteiger partial charge < -0.3 is 15.7 Å². The van der Waals surface area contributed by atoms with Crippen LogP contribution in [0.4, 0.5) is 11.5 Å². The maximum absolute atomic E-state index is 9.36. The number of nitrogen functional groups attached to an aromatic ring is 1. The maximum Gasteiger partial charge on any atom is 0.157 e. The fraction of sp³-hybridized carbons (Fsp3) is 0.500. The molecule has 3 N–H and O–H groups in total. The summed E-state index contributed by atoms with van der Waals surface area (Å²) in [7, 11) is 0. The highest BCUT2D eigenvalue weighted by molar-refractivity contribution is 6.32. The SMILES string of the molecule is Nc1c(Cl)ncnc1N1CCC(O)C1. The zero-order valence-corrected chi connectivity index (χ0v) is 8.28. The second-order valence-electron chi connectivity index (χ2n) is 3.29. The smallest absolute Gasteiger partial charge is 0.157 e. The molecule has 1 unspecified atom stereocenters. The lowest BCUT2D eigenvalue weighted by Gasteiger charge is -2.18. The fourth-order valence-corrected chi connectivity index (χ4v) is 1.68. The van der Waals surface area contributed by atoms with Gasteiger partial charge in [0.15, 0.2) is 11.0 Å². The number of rotatable bonds is 1. The Labute approximate surface area is 86.5 Å². The summed E-state index contributed by atoms with van der Waals surface area (Å²) in [6.07, 6.45) is 1.81. The summed E-state index contributed by atoms with van der Waals surface area (Å²) in [5, 5.41) is 9.62.